The Kier molecular flexibility index (Phi) is 2.86. The molecule has 0 radical (unpaired) electrons. The Balaban J connectivity index is 2.22. The highest BCUT2D eigenvalue weighted by Crippen LogP contribution is 2.03. The maximum atomic E-state index is 10.6. The summed E-state index contributed by atoms with van der Waals surface area (Å²) in [6.45, 7) is 1.54. The molecular weight excluding hydrogens is 164 g/mol. The second-order valence-corrected chi connectivity index (χ2v) is 4.75. The highest BCUT2D eigenvalue weighted by Gasteiger charge is 2.14. The summed E-state index contributed by atoms with van der Waals surface area (Å²) < 4.78 is 23.8. The molecular formula is C6H14N2O2S. The third-order valence-electron chi connectivity index (χ3n) is 1.75. The van der Waals surface area contributed by atoms with Crippen molar-refractivity contribution in [2.75, 3.05) is 19.3 Å². The third-order valence-corrected chi connectivity index (χ3v) is 2.45. The molecule has 1 atom stereocenters. The van der Waals surface area contributed by atoms with E-state index in [1.165, 1.54) is 6.26 Å². The fourth-order valence-corrected chi connectivity index (χ4v) is 1.69. The molecule has 1 aliphatic heterocycles. The van der Waals surface area contributed by atoms with Gasteiger partial charge in [0.15, 0.2) is 0 Å². The minimum absolute atomic E-state index is 0.338. The van der Waals surface area contributed by atoms with Crippen molar-refractivity contribution in [2.24, 2.45) is 0 Å². The maximum absolute atomic E-state index is 10.6. The number of sulfonamides is 1. The van der Waals surface area contributed by atoms with Gasteiger partial charge >= 0.3 is 0 Å². The third kappa shape index (κ3) is 3.69. The van der Waals surface area contributed by atoms with E-state index in [0.717, 1.165) is 19.4 Å². The average Bonchev–Trinajstić information content (AvgIpc) is 2.32. The topological polar surface area (TPSA) is 58.2 Å². The zero-order valence-corrected chi connectivity index (χ0v) is 7.45. The first-order chi connectivity index (χ1) is 5.08. The normalized spacial score (nSPS) is 25.7. The first-order valence-electron chi connectivity index (χ1n) is 3.76. The molecule has 0 saturated carbocycles. The molecule has 0 aromatic heterocycles. The van der Waals surface area contributed by atoms with Crippen molar-refractivity contribution in [2.45, 2.75) is 18.9 Å². The van der Waals surface area contributed by atoms with Gasteiger partial charge < -0.3 is 5.32 Å². The minimum Gasteiger partial charge on any atom is -0.313 e. The minimum atomic E-state index is -3.00. The van der Waals surface area contributed by atoms with E-state index in [1.807, 2.05) is 0 Å². The van der Waals surface area contributed by atoms with Gasteiger partial charge in [0.2, 0.25) is 10.0 Å². The van der Waals surface area contributed by atoms with Gasteiger partial charge in [0.25, 0.3) is 0 Å². The number of rotatable bonds is 3. The van der Waals surface area contributed by atoms with Crippen LogP contribution in [0.25, 0.3) is 0 Å². The van der Waals surface area contributed by atoms with Gasteiger partial charge in [0, 0.05) is 12.6 Å². The molecule has 1 fully saturated rings. The van der Waals surface area contributed by atoms with Crippen molar-refractivity contribution in [3.8, 4) is 0 Å². The standard InChI is InChI=1S/C6H14N2O2S/c1-11(9,10)8-5-6-3-2-4-7-6/h6-8H,2-5H2,1H3. The van der Waals surface area contributed by atoms with Gasteiger partial charge in [-0.05, 0) is 19.4 Å². The van der Waals surface area contributed by atoms with E-state index in [9.17, 15) is 8.42 Å². The van der Waals surface area contributed by atoms with E-state index in [4.69, 9.17) is 0 Å². The van der Waals surface area contributed by atoms with Crippen molar-refractivity contribution in [1.29, 1.82) is 0 Å². The lowest BCUT2D eigenvalue weighted by atomic mass is 10.2. The smallest absolute Gasteiger partial charge is 0.208 e. The van der Waals surface area contributed by atoms with E-state index < -0.39 is 10.0 Å². The van der Waals surface area contributed by atoms with Gasteiger partial charge in [-0.25, -0.2) is 13.1 Å². The summed E-state index contributed by atoms with van der Waals surface area (Å²) in [6, 6.07) is 0.338. The molecule has 1 rings (SSSR count). The van der Waals surface area contributed by atoms with Crippen LogP contribution in [0.4, 0.5) is 0 Å². The van der Waals surface area contributed by atoms with Crippen molar-refractivity contribution >= 4 is 10.0 Å². The van der Waals surface area contributed by atoms with Crippen molar-refractivity contribution in [3.63, 3.8) is 0 Å². The molecule has 4 nitrogen and oxygen atoms in total. The Morgan fingerprint density at radius 2 is 2.36 bits per heavy atom. The van der Waals surface area contributed by atoms with Crippen molar-refractivity contribution in [3.05, 3.63) is 0 Å². The molecule has 0 aliphatic carbocycles. The molecule has 2 N–H and O–H groups in total. The summed E-state index contributed by atoms with van der Waals surface area (Å²) in [4.78, 5) is 0. The average molecular weight is 178 g/mol. The summed E-state index contributed by atoms with van der Waals surface area (Å²) in [5.41, 5.74) is 0. The second-order valence-electron chi connectivity index (χ2n) is 2.91. The predicted octanol–water partition coefficient (Wildman–Crippen LogP) is -0.712. The molecule has 0 bridgehead atoms. The molecule has 0 spiro atoms. The Morgan fingerprint density at radius 1 is 1.64 bits per heavy atom. The SMILES string of the molecule is CS(=O)(=O)NCC1CCCN1. The van der Waals surface area contributed by atoms with E-state index >= 15 is 0 Å². The summed E-state index contributed by atoms with van der Waals surface area (Å²) in [5.74, 6) is 0. The van der Waals surface area contributed by atoms with Gasteiger partial charge in [-0.15, -0.1) is 0 Å². The van der Waals surface area contributed by atoms with E-state index in [2.05, 4.69) is 10.0 Å². The quantitative estimate of drug-likeness (QED) is 0.600. The molecule has 1 saturated heterocycles. The zero-order chi connectivity index (χ0) is 8.32. The molecule has 0 aromatic carbocycles. The van der Waals surface area contributed by atoms with Gasteiger partial charge in [0.05, 0.1) is 6.26 Å². The summed E-state index contributed by atoms with van der Waals surface area (Å²) in [5, 5.41) is 3.20. The molecule has 11 heavy (non-hydrogen) atoms. The van der Waals surface area contributed by atoms with Crippen LogP contribution in [0.2, 0.25) is 0 Å². The number of nitrogens with one attached hydrogen (secondary N) is 2. The van der Waals surface area contributed by atoms with Crippen LogP contribution in [0.15, 0.2) is 0 Å². The summed E-state index contributed by atoms with van der Waals surface area (Å²) >= 11 is 0. The van der Waals surface area contributed by atoms with Crippen LogP contribution in [0, 0.1) is 0 Å². The van der Waals surface area contributed by atoms with Crippen LogP contribution in [0.3, 0.4) is 0 Å². The van der Waals surface area contributed by atoms with Crippen LogP contribution in [0.1, 0.15) is 12.8 Å². The molecule has 1 unspecified atom stereocenters. The van der Waals surface area contributed by atoms with Crippen LogP contribution in [-0.4, -0.2) is 33.8 Å². The van der Waals surface area contributed by atoms with Gasteiger partial charge in [-0.2, -0.15) is 0 Å². The highest BCUT2D eigenvalue weighted by atomic mass is 32.2. The lowest BCUT2D eigenvalue weighted by Gasteiger charge is -2.09. The molecule has 1 heterocycles. The summed E-state index contributed by atoms with van der Waals surface area (Å²) in [7, 11) is -3.00. The van der Waals surface area contributed by atoms with Crippen molar-refractivity contribution in [1.82, 2.24) is 10.0 Å². The van der Waals surface area contributed by atoms with E-state index in [1.54, 1.807) is 0 Å². The Hall–Kier alpha value is -0.130. The van der Waals surface area contributed by atoms with Crippen LogP contribution in [-0.2, 0) is 10.0 Å². The van der Waals surface area contributed by atoms with Gasteiger partial charge in [-0.1, -0.05) is 0 Å². The molecule has 0 aromatic rings. The number of hydrogen-bond acceptors (Lipinski definition) is 3. The van der Waals surface area contributed by atoms with Crippen LogP contribution >= 0.6 is 0 Å². The molecule has 1 aliphatic rings. The Labute approximate surface area is 67.4 Å². The lowest BCUT2D eigenvalue weighted by Crippen LogP contribution is -2.36. The first-order valence-corrected chi connectivity index (χ1v) is 5.65. The first kappa shape index (κ1) is 8.96. The van der Waals surface area contributed by atoms with Gasteiger partial charge in [-0.3, -0.25) is 0 Å². The largest absolute Gasteiger partial charge is 0.313 e. The monoisotopic (exact) mass is 178 g/mol. The van der Waals surface area contributed by atoms with Crippen molar-refractivity contribution < 1.29 is 8.42 Å². The van der Waals surface area contributed by atoms with Crippen LogP contribution in [0.5, 0.6) is 0 Å². The number of hydrogen-bond donors (Lipinski definition) is 2. The van der Waals surface area contributed by atoms with E-state index in [0.29, 0.717) is 12.6 Å². The Bertz CT molecular complexity index is 207. The zero-order valence-electron chi connectivity index (χ0n) is 6.63. The summed E-state index contributed by atoms with van der Waals surface area (Å²) in [6.07, 6.45) is 3.40. The molecule has 0 amide bonds. The van der Waals surface area contributed by atoms with Gasteiger partial charge in [0.1, 0.15) is 0 Å². The second kappa shape index (κ2) is 3.51. The maximum Gasteiger partial charge on any atom is 0.208 e. The molecule has 66 valence electrons. The fourth-order valence-electron chi connectivity index (χ4n) is 1.18. The fraction of sp³-hybridized carbons (Fsp3) is 1.00. The predicted molar refractivity (Wildman–Crippen MR) is 43.9 cm³/mol. The lowest BCUT2D eigenvalue weighted by molar-refractivity contribution is 0.556. The highest BCUT2D eigenvalue weighted by molar-refractivity contribution is 7.88. The van der Waals surface area contributed by atoms with E-state index in [-0.39, 0.29) is 0 Å². The Morgan fingerprint density at radius 3 is 2.82 bits per heavy atom. The van der Waals surface area contributed by atoms with Crippen LogP contribution < -0.4 is 10.0 Å². The molecule has 5 heteroatoms.